The van der Waals surface area contributed by atoms with E-state index in [0.717, 1.165) is 16.8 Å². The van der Waals surface area contributed by atoms with E-state index in [2.05, 4.69) is 20.5 Å². The van der Waals surface area contributed by atoms with E-state index < -0.39 is 5.91 Å². The van der Waals surface area contributed by atoms with Crippen LogP contribution < -0.4 is 5.32 Å². The molecule has 120 valence electrons. The highest BCUT2D eigenvalue weighted by molar-refractivity contribution is 6.42. The number of aromatic nitrogens is 3. The van der Waals surface area contributed by atoms with Crippen molar-refractivity contribution in [3.63, 3.8) is 0 Å². The molecule has 24 heavy (non-hydrogen) atoms. The van der Waals surface area contributed by atoms with Crippen molar-refractivity contribution < 1.29 is 4.79 Å². The molecule has 8 heteroatoms. The van der Waals surface area contributed by atoms with Gasteiger partial charge in [-0.25, -0.2) is 0 Å². The summed E-state index contributed by atoms with van der Waals surface area (Å²) >= 11 is 12.5. The molecule has 1 aromatic carbocycles. The van der Waals surface area contributed by atoms with E-state index in [0.29, 0.717) is 17.9 Å². The first-order valence-corrected chi connectivity index (χ1v) is 7.93. The SMILES string of the molecule is CC1=NCc2ccc(NC(=O)c3c(Cl)cn4cnnc4c3Cl)cc21. The third kappa shape index (κ3) is 2.35. The highest BCUT2D eigenvalue weighted by Gasteiger charge is 2.20. The summed E-state index contributed by atoms with van der Waals surface area (Å²) in [5.74, 6) is -0.400. The molecule has 1 N–H and O–H groups in total. The summed E-state index contributed by atoms with van der Waals surface area (Å²) in [6.45, 7) is 2.63. The Hall–Kier alpha value is -2.44. The van der Waals surface area contributed by atoms with Crippen LogP contribution in [0.15, 0.2) is 35.7 Å². The summed E-state index contributed by atoms with van der Waals surface area (Å²) in [7, 11) is 0. The molecule has 0 saturated carbocycles. The lowest BCUT2D eigenvalue weighted by atomic mass is 10.1. The normalized spacial score (nSPS) is 13.0. The number of rotatable bonds is 2. The van der Waals surface area contributed by atoms with Crippen LogP contribution in [0.25, 0.3) is 5.65 Å². The Balaban J connectivity index is 1.70. The summed E-state index contributed by atoms with van der Waals surface area (Å²) in [5, 5.41) is 10.9. The van der Waals surface area contributed by atoms with Gasteiger partial charge in [0, 0.05) is 23.2 Å². The van der Waals surface area contributed by atoms with E-state index in [4.69, 9.17) is 23.2 Å². The fourth-order valence-corrected chi connectivity index (χ4v) is 3.37. The molecule has 2 aromatic heterocycles. The molecular weight excluding hydrogens is 349 g/mol. The van der Waals surface area contributed by atoms with Crippen molar-refractivity contribution >= 4 is 46.2 Å². The van der Waals surface area contributed by atoms with Gasteiger partial charge in [0.2, 0.25) is 0 Å². The van der Waals surface area contributed by atoms with Crippen LogP contribution in [0.1, 0.15) is 28.4 Å². The fraction of sp³-hybridized carbons (Fsp3) is 0.125. The van der Waals surface area contributed by atoms with Gasteiger partial charge in [-0.15, -0.1) is 10.2 Å². The highest BCUT2D eigenvalue weighted by atomic mass is 35.5. The third-order valence-electron chi connectivity index (χ3n) is 3.95. The number of amides is 1. The van der Waals surface area contributed by atoms with Crippen molar-refractivity contribution in [1.29, 1.82) is 0 Å². The molecule has 6 nitrogen and oxygen atoms in total. The van der Waals surface area contributed by atoms with Gasteiger partial charge < -0.3 is 5.32 Å². The van der Waals surface area contributed by atoms with E-state index >= 15 is 0 Å². The zero-order chi connectivity index (χ0) is 16.8. The predicted molar refractivity (Wildman–Crippen MR) is 93.3 cm³/mol. The second-order valence-corrected chi connectivity index (χ2v) is 6.24. The Morgan fingerprint density at radius 2 is 2.17 bits per heavy atom. The minimum Gasteiger partial charge on any atom is -0.322 e. The van der Waals surface area contributed by atoms with Crippen LogP contribution in [-0.4, -0.2) is 26.2 Å². The van der Waals surface area contributed by atoms with E-state index in [1.54, 1.807) is 10.6 Å². The number of carbonyl (C=O) groups is 1. The van der Waals surface area contributed by atoms with Crippen LogP contribution in [0.4, 0.5) is 5.69 Å². The first kappa shape index (κ1) is 15.1. The molecule has 1 aliphatic heterocycles. The number of aliphatic imine (C=N–C) groups is 1. The first-order chi connectivity index (χ1) is 11.5. The lowest BCUT2D eigenvalue weighted by molar-refractivity contribution is 0.102. The first-order valence-electron chi connectivity index (χ1n) is 7.17. The topological polar surface area (TPSA) is 71.7 Å². The quantitative estimate of drug-likeness (QED) is 0.759. The standard InChI is InChI=1S/C16H11Cl2N5O/c1-8-11-4-10(3-2-9(11)5-19-8)21-16(24)13-12(17)6-23-7-20-22-15(23)14(13)18/h2-4,6-7H,5H2,1H3,(H,21,24). The molecule has 3 heterocycles. The van der Waals surface area contributed by atoms with Crippen LogP contribution in [0.3, 0.4) is 0 Å². The van der Waals surface area contributed by atoms with E-state index in [-0.39, 0.29) is 15.6 Å². The number of nitrogens with one attached hydrogen (secondary N) is 1. The van der Waals surface area contributed by atoms with E-state index in [9.17, 15) is 4.79 Å². The molecule has 0 saturated heterocycles. The average Bonchev–Trinajstić information content (AvgIpc) is 3.15. The van der Waals surface area contributed by atoms with Crippen LogP contribution in [0.2, 0.25) is 10.0 Å². The van der Waals surface area contributed by atoms with Gasteiger partial charge in [-0.2, -0.15) is 0 Å². The fourth-order valence-electron chi connectivity index (χ4n) is 2.72. The van der Waals surface area contributed by atoms with Gasteiger partial charge in [-0.05, 0) is 24.6 Å². The van der Waals surface area contributed by atoms with Crippen molar-refractivity contribution in [1.82, 2.24) is 14.6 Å². The minimum absolute atomic E-state index is 0.163. The molecule has 1 aliphatic rings. The molecule has 0 atom stereocenters. The molecular formula is C16H11Cl2N5O. The summed E-state index contributed by atoms with van der Waals surface area (Å²) in [6, 6.07) is 5.69. The molecule has 0 bridgehead atoms. The van der Waals surface area contributed by atoms with Crippen LogP contribution in [-0.2, 0) is 6.54 Å². The monoisotopic (exact) mass is 359 g/mol. The lowest BCUT2D eigenvalue weighted by Crippen LogP contribution is -2.14. The Kier molecular flexibility index (Phi) is 3.51. The van der Waals surface area contributed by atoms with Crippen LogP contribution in [0.5, 0.6) is 0 Å². The number of fused-ring (bicyclic) bond motifs is 2. The third-order valence-corrected chi connectivity index (χ3v) is 4.60. The average molecular weight is 360 g/mol. The zero-order valence-electron chi connectivity index (χ0n) is 12.5. The van der Waals surface area contributed by atoms with Gasteiger partial charge in [0.1, 0.15) is 11.3 Å². The summed E-state index contributed by atoms with van der Waals surface area (Å²) in [5.41, 5.74) is 4.35. The zero-order valence-corrected chi connectivity index (χ0v) is 14.1. The van der Waals surface area contributed by atoms with Gasteiger partial charge in [-0.1, -0.05) is 29.3 Å². The summed E-state index contributed by atoms with van der Waals surface area (Å²) < 4.78 is 1.57. The van der Waals surface area contributed by atoms with Crippen molar-refractivity contribution in [3.05, 3.63) is 57.5 Å². The number of benzene rings is 1. The van der Waals surface area contributed by atoms with Crippen LogP contribution in [0, 0.1) is 0 Å². The molecule has 3 aromatic rings. The highest BCUT2D eigenvalue weighted by Crippen LogP contribution is 2.29. The van der Waals surface area contributed by atoms with Gasteiger partial charge >= 0.3 is 0 Å². The molecule has 0 radical (unpaired) electrons. The van der Waals surface area contributed by atoms with E-state index in [1.165, 1.54) is 6.33 Å². The molecule has 0 unspecified atom stereocenters. The van der Waals surface area contributed by atoms with Gasteiger partial charge in [0.05, 0.1) is 17.1 Å². The number of hydrogen-bond acceptors (Lipinski definition) is 4. The Labute approximate surface area is 147 Å². The number of anilines is 1. The van der Waals surface area contributed by atoms with Gasteiger partial charge in [-0.3, -0.25) is 14.2 Å². The maximum Gasteiger partial charge on any atom is 0.258 e. The molecule has 0 aliphatic carbocycles. The van der Waals surface area contributed by atoms with Gasteiger partial charge in [0.15, 0.2) is 5.65 Å². The van der Waals surface area contributed by atoms with Crippen molar-refractivity contribution in [2.24, 2.45) is 4.99 Å². The Morgan fingerprint density at radius 1 is 1.33 bits per heavy atom. The van der Waals surface area contributed by atoms with Gasteiger partial charge in [0.25, 0.3) is 5.91 Å². The number of hydrogen-bond donors (Lipinski definition) is 1. The molecule has 4 rings (SSSR count). The number of halogens is 2. The Morgan fingerprint density at radius 3 is 3.00 bits per heavy atom. The smallest absolute Gasteiger partial charge is 0.258 e. The Bertz CT molecular complexity index is 1020. The number of pyridine rings is 1. The number of nitrogens with zero attached hydrogens (tertiary/aromatic N) is 4. The van der Waals surface area contributed by atoms with E-state index in [1.807, 2.05) is 25.1 Å². The number of carbonyl (C=O) groups excluding carboxylic acids is 1. The summed E-state index contributed by atoms with van der Waals surface area (Å²) in [4.78, 5) is 17.0. The second kappa shape index (κ2) is 5.58. The van der Waals surface area contributed by atoms with Crippen molar-refractivity contribution in [3.8, 4) is 0 Å². The van der Waals surface area contributed by atoms with Crippen molar-refractivity contribution in [2.75, 3.05) is 5.32 Å². The molecule has 0 spiro atoms. The minimum atomic E-state index is -0.400. The molecule has 0 fully saturated rings. The van der Waals surface area contributed by atoms with Crippen molar-refractivity contribution in [2.45, 2.75) is 13.5 Å². The predicted octanol–water partition coefficient (Wildman–Crippen LogP) is 3.61. The maximum atomic E-state index is 12.6. The molecule has 1 amide bonds. The maximum absolute atomic E-state index is 12.6. The summed E-state index contributed by atoms with van der Waals surface area (Å²) in [6.07, 6.45) is 3.02. The van der Waals surface area contributed by atoms with Crippen LogP contribution >= 0.6 is 23.2 Å². The lowest BCUT2D eigenvalue weighted by Gasteiger charge is -2.10. The second-order valence-electron chi connectivity index (χ2n) is 5.46. The largest absolute Gasteiger partial charge is 0.322 e.